The maximum Gasteiger partial charge on any atom is 0.150 e. The van der Waals surface area contributed by atoms with Crippen LogP contribution in [0.5, 0.6) is 0 Å². The van der Waals surface area contributed by atoms with Gasteiger partial charge in [0.05, 0.1) is 4.75 Å². The van der Waals surface area contributed by atoms with Crippen LogP contribution in [0.2, 0.25) is 0 Å². The maximum atomic E-state index is 12.3. The van der Waals surface area contributed by atoms with E-state index in [1.54, 1.807) is 0 Å². The highest BCUT2D eigenvalue weighted by Gasteiger charge is 2.60. The summed E-state index contributed by atoms with van der Waals surface area (Å²) in [5, 5.41) is 0. The lowest BCUT2D eigenvalue weighted by atomic mass is 9.73. The van der Waals surface area contributed by atoms with E-state index >= 15 is 0 Å². The number of rotatable bonds is 0. The number of ketones is 1. The number of fused-ring (bicyclic) bond motifs is 1. The van der Waals surface area contributed by atoms with Crippen LogP contribution in [0.1, 0.15) is 44.9 Å². The second-order valence-electron chi connectivity index (χ2n) is 5.00. The molecule has 1 nitrogen and oxygen atoms in total. The lowest BCUT2D eigenvalue weighted by molar-refractivity contribution is -0.123. The van der Waals surface area contributed by atoms with Gasteiger partial charge in [-0.1, -0.05) is 0 Å². The van der Waals surface area contributed by atoms with E-state index in [-0.39, 0.29) is 4.75 Å². The van der Waals surface area contributed by atoms with E-state index < -0.39 is 0 Å². The van der Waals surface area contributed by atoms with Crippen molar-refractivity contribution >= 4 is 29.3 Å². The van der Waals surface area contributed by atoms with Gasteiger partial charge in [-0.25, -0.2) is 0 Å². The number of Topliss-reactive ketones (excluding diaryl/α,β-unsaturated/α-hetero) is 1. The first-order valence-electron chi connectivity index (χ1n) is 6.10. The summed E-state index contributed by atoms with van der Waals surface area (Å²) in [7, 11) is 0. The molecule has 0 unspecified atom stereocenters. The molecule has 1 saturated carbocycles. The molecule has 84 valence electrons. The normalized spacial score (nSPS) is 45.7. The van der Waals surface area contributed by atoms with Gasteiger partial charge in [-0.05, 0) is 50.0 Å². The highest BCUT2D eigenvalue weighted by molar-refractivity contribution is 8.05. The fourth-order valence-corrected chi connectivity index (χ4v) is 7.34. The van der Waals surface area contributed by atoms with Gasteiger partial charge in [-0.3, -0.25) is 4.79 Å². The molecule has 3 rings (SSSR count). The molecular weight excluding hydrogens is 224 g/mol. The summed E-state index contributed by atoms with van der Waals surface area (Å²) in [6.07, 6.45) is 8.37. The van der Waals surface area contributed by atoms with Crippen LogP contribution in [-0.2, 0) is 4.79 Å². The van der Waals surface area contributed by atoms with Crippen LogP contribution in [0.15, 0.2) is 0 Å². The van der Waals surface area contributed by atoms with Crippen molar-refractivity contribution in [2.75, 3.05) is 11.5 Å². The van der Waals surface area contributed by atoms with Crippen LogP contribution >= 0.6 is 23.5 Å². The quantitative estimate of drug-likeness (QED) is 0.649. The summed E-state index contributed by atoms with van der Waals surface area (Å²) in [5.41, 5.74) is 0. The average molecular weight is 242 g/mol. The van der Waals surface area contributed by atoms with Crippen molar-refractivity contribution in [1.82, 2.24) is 0 Å². The molecule has 3 aliphatic rings. The lowest BCUT2D eigenvalue weighted by Crippen LogP contribution is -2.54. The van der Waals surface area contributed by atoms with Crippen molar-refractivity contribution in [3.8, 4) is 0 Å². The molecule has 3 heteroatoms. The van der Waals surface area contributed by atoms with Gasteiger partial charge in [0.15, 0.2) is 0 Å². The van der Waals surface area contributed by atoms with E-state index in [0.717, 1.165) is 12.8 Å². The molecule has 2 atom stereocenters. The Hall–Kier alpha value is 0.370. The van der Waals surface area contributed by atoms with E-state index in [2.05, 4.69) is 11.8 Å². The van der Waals surface area contributed by atoms with Gasteiger partial charge < -0.3 is 0 Å². The predicted octanol–water partition coefficient (Wildman–Crippen LogP) is 3.27. The Morgan fingerprint density at radius 1 is 0.933 bits per heavy atom. The van der Waals surface area contributed by atoms with Crippen molar-refractivity contribution in [2.45, 2.75) is 54.4 Å². The summed E-state index contributed by atoms with van der Waals surface area (Å²) in [5.74, 6) is 3.09. The second kappa shape index (κ2) is 3.69. The molecule has 2 saturated heterocycles. The van der Waals surface area contributed by atoms with Gasteiger partial charge in [0, 0.05) is 11.2 Å². The molecule has 2 heterocycles. The van der Waals surface area contributed by atoms with Crippen LogP contribution in [0.25, 0.3) is 0 Å². The molecular formula is C12H18OS2. The maximum absolute atomic E-state index is 12.3. The largest absolute Gasteiger partial charge is 0.298 e. The minimum absolute atomic E-state index is 0.0480. The van der Waals surface area contributed by atoms with Gasteiger partial charge in [-0.2, -0.15) is 11.8 Å². The Labute approximate surface area is 100 Å². The zero-order chi connectivity index (χ0) is 10.4. The molecule has 2 spiro atoms. The first-order chi connectivity index (χ1) is 7.29. The van der Waals surface area contributed by atoms with Crippen LogP contribution in [-0.4, -0.2) is 26.8 Å². The summed E-state index contributed by atoms with van der Waals surface area (Å²) in [4.78, 5) is 12.3. The molecule has 0 aromatic heterocycles. The topological polar surface area (TPSA) is 17.1 Å². The van der Waals surface area contributed by atoms with Crippen LogP contribution in [0.4, 0.5) is 0 Å². The average Bonchev–Trinajstić information content (AvgIpc) is 2.84. The third-order valence-electron chi connectivity index (χ3n) is 4.30. The van der Waals surface area contributed by atoms with Gasteiger partial charge in [0.2, 0.25) is 0 Å². The Balaban J connectivity index is 2.00. The predicted molar refractivity (Wildman–Crippen MR) is 67.7 cm³/mol. The number of thioether (sulfide) groups is 2. The van der Waals surface area contributed by atoms with E-state index in [1.807, 2.05) is 11.8 Å². The van der Waals surface area contributed by atoms with Crippen molar-refractivity contribution in [2.24, 2.45) is 0 Å². The Morgan fingerprint density at radius 2 is 1.67 bits per heavy atom. The van der Waals surface area contributed by atoms with Crippen molar-refractivity contribution in [3.63, 3.8) is 0 Å². The number of hydrogen-bond donors (Lipinski definition) is 0. The Morgan fingerprint density at radius 3 is 2.33 bits per heavy atom. The third kappa shape index (κ3) is 1.35. The molecule has 0 amide bonds. The van der Waals surface area contributed by atoms with Crippen molar-refractivity contribution in [3.05, 3.63) is 0 Å². The molecule has 15 heavy (non-hydrogen) atoms. The second-order valence-corrected chi connectivity index (χ2v) is 7.87. The molecule has 2 aliphatic heterocycles. The van der Waals surface area contributed by atoms with Gasteiger partial charge in [0.25, 0.3) is 0 Å². The molecule has 3 fully saturated rings. The first kappa shape index (κ1) is 10.5. The summed E-state index contributed by atoms with van der Waals surface area (Å²) < 4.78 is 0.399. The monoisotopic (exact) mass is 242 g/mol. The zero-order valence-electron chi connectivity index (χ0n) is 9.09. The Bertz CT molecular complexity index is 275. The smallest absolute Gasteiger partial charge is 0.150 e. The van der Waals surface area contributed by atoms with Crippen LogP contribution in [0, 0.1) is 0 Å². The third-order valence-corrected chi connectivity index (χ3v) is 8.04. The Kier molecular flexibility index (Phi) is 2.59. The first-order valence-corrected chi connectivity index (χ1v) is 8.08. The van der Waals surface area contributed by atoms with Gasteiger partial charge in [0.1, 0.15) is 5.78 Å². The molecule has 0 aromatic rings. The molecule has 0 aromatic carbocycles. The van der Waals surface area contributed by atoms with Crippen molar-refractivity contribution < 1.29 is 4.79 Å². The fraction of sp³-hybridized carbons (Fsp3) is 0.917. The van der Waals surface area contributed by atoms with Crippen molar-refractivity contribution in [1.29, 1.82) is 0 Å². The van der Waals surface area contributed by atoms with E-state index in [4.69, 9.17) is 0 Å². The molecule has 0 bridgehead atoms. The summed E-state index contributed by atoms with van der Waals surface area (Å²) >= 11 is 4.12. The summed E-state index contributed by atoms with van der Waals surface area (Å²) in [6.45, 7) is 0. The van der Waals surface area contributed by atoms with Gasteiger partial charge in [-0.15, -0.1) is 11.8 Å². The molecule has 0 N–H and O–H groups in total. The van der Waals surface area contributed by atoms with E-state index in [1.165, 1.54) is 43.6 Å². The highest BCUT2D eigenvalue weighted by atomic mass is 32.2. The van der Waals surface area contributed by atoms with Gasteiger partial charge >= 0.3 is 0 Å². The standard InChI is InChI=1S/C12H18OS2/c13-10-4-1-5-11(6-2-8-14-11)12(10)7-3-9-15-12/h1-9H2/t11-,12-/m1/s1. The van der Waals surface area contributed by atoms with Crippen LogP contribution in [0.3, 0.4) is 0 Å². The number of hydrogen-bond acceptors (Lipinski definition) is 3. The fourth-order valence-electron chi connectivity index (χ4n) is 3.62. The highest BCUT2D eigenvalue weighted by Crippen LogP contribution is 2.61. The minimum Gasteiger partial charge on any atom is -0.298 e. The zero-order valence-corrected chi connectivity index (χ0v) is 10.7. The molecule has 1 aliphatic carbocycles. The lowest BCUT2D eigenvalue weighted by Gasteiger charge is -2.47. The number of carbonyl (C=O) groups is 1. The van der Waals surface area contributed by atoms with E-state index in [9.17, 15) is 4.79 Å². The SMILES string of the molecule is O=C1CCC[C@@]2(CCCS2)[C@@]12CCCS2. The molecule has 0 radical (unpaired) electrons. The van der Waals surface area contributed by atoms with E-state index in [0.29, 0.717) is 10.5 Å². The van der Waals surface area contributed by atoms with Crippen LogP contribution < -0.4 is 0 Å². The number of carbonyl (C=O) groups excluding carboxylic acids is 1. The summed E-state index contributed by atoms with van der Waals surface area (Å²) in [6, 6.07) is 0. The minimum atomic E-state index is 0.0480.